The number of phenols is 2. The minimum Gasteiger partial charge on any atom is -0.507 e. The molecule has 2 amide bonds. The number of amides is 2. The minimum atomic E-state index is -1.52. The quantitative estimate of drug-likeness (QED) is 0.173. The van der Waals surface area contributed by atoms with Crippen LogP contribution in [0.3, 0.4) is 0 Å². The molecule has 4 rings (SSSR count). The van der Waals surface area contributed by atoms with Crippen molar-refractivity contribution in [3.05, 3.63) is 131 Å². The Bertz CT molecular complexity index is 1300. The zero-order valence-corrected chi connectivity index (χ0v) is 21.7. The largest absolute Gasteiger partial charge is 0.507 e. The van der Waals surface area contributed by atoms with Crippen molar-refractivity contribution >= 4 is 11.8 Å². The lowest BCUT2D eigenvalue weighted by Crippen LogP contribution is -2.57. The number of aliphatic hydroxyl groups excluding tert-OH is 2. The van der Waals surface area contributed by atoms with Crippen LogP contribution in [0.2, 0.25) is 0 Å². The second-order valence-electron chi connectivity index (χ2n) is 9.55. The van der Waals surface area contributed by atoms with E-state index >= 15 is 0 Å². The van der Waals surface area contributed by atoms with E-state index in [4.69, 9.17) is 0 Å². The number of benzene rings is 4. The SMILES string of the molecule is O=C(N[C@@H](Cc1ccccc1)[C@H](O)[C@H](O)[C@@H](Cc1ccccc1)NC(=O)c1ccccc1O)c1ccccc1O. The zero-order chi connectivity index (χ0) is 28.5. The molecular formula is C32H32N2O6. The van der Waals surface area contributed by atoms with Crippen molar-refractivity contribution < 1.29 is 30.0 Å². The van der Waals surface area contributed by atoms with Crippen LogP contribution in [0.15, 0.2) is 109 Å². The van der Waals surface area contributed by atoms with Gasteiger partial charge in [0.1, 0.15) is 23.7 Å². The van der Waals surface area contributed by atoms with Crippen LogP contribution in [0, 0.1) is 0 Å². The summed E-state index contributed by atoms with van der Waals surface area (Å²) in [5.74, 6) is -1.68. The molecule has 0 radical (unpaired) electrons. The van der Waals surface area contributed by atoms with Gasteiger partial charge < -0.3 is 31.1 Å². The lowest BCUT2D eigenvalue weighted by Gasteiger charge is -2.33. The molecule has 0 unspecified atom stereocenters. The third kappa shape index (κ3) is 7.25. The van der Waals surface area contributed by atoms with Crippen molar-refractivity contribution in [2.24, 2.45) is 0 Å². The Labute approximate surface area is 232 Å². The van der Waals surface area contributed by atoms with Gasteiger partial charge in [-0.3, -0.25) is 9.59 Å². The summed E-state index contributed by atoms with van der Waals surface area (Å²) in [4.78, 5) is 26.2. The number of para-hydroxylation sites is 2. The molecule has 206 valence electrons. The molecule has 0 saturated carbocycles. The topological polar surface area (TPSA) is 139 Å². The van der Waals surface area contributed by atoms with E-state index in [2.05, 4.69) is 10.6 Å². The molecule has 4 aromatic rings. The fourth-order valence-corrected chi connectivity index (χ4v) is 4.55. The number of phenolic OH excluding ortho intramolecular Hbond substituents is 2. The first-order valence-electron chi connectivity index (χ1n) is 12.9. The van der Waals surface area contributed by atoms with Crippen LogP contribution in [-0.4, -0.2) is 56.5 Å². The first-order chi connectivity index (χ1) is 19.3. The smallest absolute Gasteiger partial charge is 0.255 e. The average molecular weight is 541 g/mol. The van der Waals surface area contributed by atoms with Gasteiger partial charge in [0.25, 0.3) is 11.8 Å². The highest BCUT2D eigenvalue weighted by molar-refractivity contribution is 5.97. The number of rotatable bonds is 11. The van der Waals surface area contributed by atoms with Crippen LogP contribution >= 0.6 is 0 Å². The average Bonchev–Trinajstić information content (AvgIpc) is 2.97. The second kappa shape index (κ2) is 13.4. The van der Waals surface area contributed by atoms with E-state index in [0.717, 1.165) is 11.1 Å². The second-order valence-corrected chi connectivity index (χ2v) is 9.55. The van der Waals surface area contributed by atoms with Crippen molar-refractivity contribution in [1.29, 1.82) is 0 Å². The molecule has 0 aliphatic rings. The van der Waals surface area contributed by atoms with Gasteiger partial charge in [0, 0.05) is 0 Å². The van der Waals surface area contributed by atoms with Crippen LogP contribution in [-0.2, 0) is 12.8 Å². The Morgan fingerprint density at radius 2 is 0.850 bits per heavy atom. The van der Waals surface area contributed by atoms with E-state index < -0.39 is 36.1 Å². The predicted octanol–water partition coefficient (Wildman–Crippen LogP) is 3.20. The fourth-order valence-electron chi connectivity index (χ4n) is 4.55. The van der Waals surface area contributed by atoms with Gasteiger partial charge in [0.05, 0.1) is 23.2 Å². The highest BCUT2D eigenvalue weighted by Gasteiger charge is 2.35. The Morgan fingerprint density at radius 3 is 1.20 bits per heavy atom. The van der Waals surface area contributed by atoms with Crippen LogP contribution in [0.5, 0.6) is 11.5 Å². The molecular weight excluding hydrogens is 508 g/mol. The fraction of sp³-hybridized carbons (Fsp3) is 0.188. The Hall–Kier alpha value is -4.66. The van der Waals surface area contributed by atoms with Crippen LogP contribution in [0.25, 0.3) is 0 Å². The molecule has 0 saturated heterocycles. The summed E-state index contributed by atoms with van der Waals surface area (Å²) in [5.41, 5.74) is 1.65. The number of carbonyl (C=O) groups excluding carboxylic acids is 2. The summed E-state index contributed by atoms with van der Waals surface area (Å²) >= 11 is 0. The molecule has 0 heterocycles. The maximum atomic E-state index is 13.1. The van der Waals surface area contributed by atoms with Crippen molar-refractivity contribution in [1.82, 2.24) is 10.6 Å². The highest BCUT2D eigenvalue weighted by Crippen LogP contribution is 2.20. The van der Waals surface area contributed by atoms with Gasteiger partial charge >= 0.3 is 0 Å². The molecule has 8 nitrogen and oxygen atoms in total. The van der Waals surface area contributed by atoms with Crippen molar-refractivity contribution in [3.8, 4) is 11.5 Å². The van der Waals surface area contributed by atoms with Crippen molar-refractivity contribution in [3.63, 3.8) is 0 Å². The maximum Gasteiger partial charge on any atom is 0.255 e. The summed E-state index contributed by atoms with van der Waals surface area (Å²) in [6, 6.07) is 28.4. The molecule has 4 aromatic carbocycles. The lowest BCUT2D eigenvalue weighted by atomic mass is 9.90. The van der Waals surface area contributed by atoms with Crippen molar-refractivity contribution in [2.45, 2.75) is 37.1 Å². The minimum absolute atomic E-state index is 0.0240. The number of hydrogen-bond donors (Lipinski definition) is 6. The third-order valence-electron chi connectivity index (χ3n) is 6.70. The number of nitrogens with one attached hydrogen (secondary N) is 2. The molecule has 4 atom stereocenters. The van der Waals surface area contributed by atoms with Crippen LogP contribution in [0.1, 0.15) is 31.8 Å². The number of aliphatic hydroxyl groups is 2. The molecule has 8 heteroatoms. The summed E-state index contributed by atoms with van der Waals surface area (Å²) in [7, 11) is 0. The van der Waals surface area contributed by atoms with Gasteiger partial charge in [-0.2, -0.15) is 0 Å². The van der Waals surface area contributed by atoms with Gasteiger partial charge in [0.15, 0.2) is 0 Å². The first kappa shape index (κ1) is 28.4. The van der Waals surface area contributed by atoms with E-state index in [1.165, 1.54) is 24.3 Å². The summed E-state index contributed by atoms with van der Waals surface area (Å²) in [5, 5.41) is 48.8. The Balaban J connectivity index is 1.62. The van der Waals surface area contributed by atoms with Crippen LogP contribution < -0.4 is 10.6 Å². The molecule has 0 spiro atoms. The Morgan fingerprint density at radius 1 is 0.525 bits per heavy atom. The van der Waals surface area contributed by atoms with Gasteiger partial charge in [-0.05, 0) is 48.2 Å². The molecule has 6 N–H and O–H groups in total. The molecule has 0 aliphatic carbocycles. The Kier molecular flexibility index (Phi) is 9.51. The molecule has 0 bridgehead atoms. The maximum absolute atomic E-state index is 13.1. The summed E-state index contributed by atoms with van der Waals surface area (Å²) in [6.45, 7) is 0. The van der Waals surface area contributed by atoms with E-state index in [-0.39, 0.29) is 35.5 Å². The monoisotopic (exact) mass is 540 g/mol. The third-order valence-corrected chi connectivity index (χ3v) is 6.70. The highest BCUT2D eigenvalue weighted by atomic mass is 16.3. The first-order valence-corrected chi connectivity index (χ1v) is 12.9. The van der Waals surface area contributed by atoms with E-state index in [9.17, 15) is 30.0 Å². The van der Waals surface area contributed by atoms with Crippen LogP contribution in [0.4, 0.5) is 0 Å². The van der Waals surface area contributed by atoms with Crippen molar-refractivity contribution in [2.75, 3.05) is 0 Å². The molecule has 0 aliphatic heterocycles. The van der Waals surface area contributed by atoms with E-state index in [1.807, 2.05) is 60.7 Å². The zero-order valence-electron chi connectivity index (χ0n) is 21.7. The predicted molar refractivity (Wildman–Crippen MR) is 151 cm³/mol. The van der Waals surface area contributed by atoms with Gasteiger partial charge in [-0.1, -0.05) is 84.9 Å². The van der Waals surface area contributed by atoms with Gasteiger partial charge in [-0.25, -0.2) is 0 Å². The normalized spacial score (nSPS) is 13.9. The number of hydrogen-bond acceptors (Lipinski definition) is 6. The summed E-state index contributed by atoms with van der Waals surface area (Å²) in [6.07, 6.45) is -2.70. The van der Waals surface area contributed by atoms with E-state index in [0.29, 0.717) is 0 Å². The standard InChI is InChI=1S/C32H32N2O6/c35-27-17-9-7-15-23(27)31(39)33-25(19-21-11-3-1-4-12-21)29(37)30(38)26(20-22-13-5-2-6-14-22)34-32(40)24-16-8-10-18-28(24)36/h1-18,25-26,29-30,35-38H,19-20H2,(H,33,39)(H,34,40)/t25-,26+,29-,30+. The molecule has 40 heavy (non-hydrogen) atoms. The van der Waals surface area contributed by atoms with Gasteiger partial charge in [0.2, 0.25) is 0 Å². The number of aromatic hydroxyl groups is 2. The number of carbonyl (C=O) groups is 2. The lowest BCUT2D eigenvalue weighted by molar-refractivity contribution is -0.0219. The van der Waals surface area contributed by atoms with Gasteiger partial charge in [-0.15, -0.1) is 0 Å². The molecule has 0 aromatic heterocycles. The molecule has 0 fully saturated rings. The summed E-state index contributed by atoms with van der Waals surface area (Å²) < 4.78 is 0. The van der Waals surface area contributed by atoms with E-state index in [1.54, 1.807) is 24.3 Å².